The Bertz CT molecular complexity index is 1220. The average molecular weight is 423 g/mol. The molecule has 0 N–H and O–H groups in total. The lowest BCUT2D eigenvalue weighted by Crippen LogP contribution is -2.47. The van der Waals surface area contributed by atoms with Crippen molar-refractivity contribution in [2.75, 3.05) is 0 Å². The lowest BCUT2D eigenvalue weighted by atomic mass is 9.92. The van der Waals surface area contributed by atoms with Crippen molar-refractivity contribution < 1.29 is 30.5 Å². The number of aryl methyl sites for hydroxylation is 1. The lowest BCUT2D eigenvalue weighted by molar-refractivity contribution is -0.163. The highest BCUT2D eigenvalue weighted by molar-refractivity contribution is 7.86. The maximum Gasteiger partial charge on any atom is 0.396 e. The van der Waals surface area contributed by atoms with Crippen LogP contribution in [0.3, 0.4) is 0 Å². The number of hydrogen-bond donors (Lipinski definition) is 0. The van der Waals surface area contributed by atoms with Crippen LogP contribution in [0.2, 0.25) is 0 Å². The van der Waals surface area contributed by atoms with E-state index in [1.165, 1.54) is 0 Å². The quantitative estimate of drug-likeness (QED) is 0.331. The van der Waals surface area contributed by atoms with E-state index in [4.69, 9.17) is 0 Å². The molecule has 0 atom stereocenters. The minimum Gasteiger partial charge on any atom is -0.743 e. The minimum absolute atomic E-state index is 0.408. The van der Waals surface area contributed by atoms with Crippen molar-refractivity contribution >= 4 is 20.9 Å². The smallest absolute Gasteiger partial charge is 0.396 e. The van der Waals surface area contributed by atoms with Crippen LogP contribution in [0.4, 0.5) is 17.6 Å². The van der Waals surface area contributed by atoms with Crippen molar-refractivity contribution in [2.45, 2.75) is 30.4 Å². The monoisotopic (exact) mass is 423 g/mol. The summed E-state index contributed by atoms with van der Waals surface area (Å²) in [6, 6.07) is 16.5. The van der Waals surface area contributed by atoms with E-state index in [0.717, 1.165) is 27.6 Å². The highest BCUT2D eigenvalue weighted by Crippen LogP contribution is 2.44. The Morgan fingerprint density at radius 3 is 2.34 bits per heavy atom. The molecule has 0 saturated carbocycles. The largest absolute Gasteiger partial charge is 0.743 e. The lowest BCUT2D eigenvalue weighted by Gasteiger charge is -2.28. The molecule has 0 aromatic heterocycles. The molecule has 0 aliphatic heterocycles. The van der Waals surface area contributed by atoms with Crippen molar-refractivity contribution in [1.82, 2.24) is 0 Å². The Morgan fingerprint density at radius 1 is 0.897 bits per heavy atom. The molecule has 8 heteroatoms. The third-order valence-electron chi connectivity index (χ3n) is 5.36. The molecule has 1 aliphatic carbocycles. The molecule has 3 nitrogen and oxygen atoms in total. The van der Waals surface area contributed by atoms with Gasteiger partial charge in [-0.1, -0.05) is 54.6 Å². The SMILES string of the molecule is O=S(=O)([O-])C(F)(F)C(F)(F)CCc1cccc2ccc3c(c12)Cc1ccccc1-3. The first-order chi connectivity index (χ1) is 13.5. The number of alkyl halides is 4. The molecule has 0 saturated heterocycles. The van der Waals surface area contributed by atoms with Gasteiger partial charge in [-0.2, -0.15) is 17.6 Å². The van der Waals surface area contributed by atoms with E-state index in [9.17, 15) is 30.5 Å². The summed E-state index contributed by atoms with van der Waals surface area (Å²) < 4.78 is 86.7. The maximum absolute atomic E-state index is 13.9. The van der Waals surface area contributed by atoms with Gasteiger partial charge in [-0.05, 0) is 51.4 Å². The van der Waals surface area contributed by atoms with E-state index in [1.807, 2.05) is 36.4 Å². The number of benzene rings is 3. The van der Waals surface area contributed by atoms with Crippen LogP contribution < -0.4 is 0 Å². The van der Waals surface area contributed by atoms with Gasteiger partial charge in [0, 0.05) is 6.42 Å². The fourth-order valence-electron chi connectivity index (χ4n) is 3.93. The molecule has 0 unspecified atom stereocenters. The van der Waals surface area contributed by atoms with Crippen molar-refractivity contribution in [3.8, 4) is 11.1 Å². The molecule has 0 spiro atoms. The molecule has 1 aliphatic rings. The van der Waals surface area contributed by atoms with E-state index in [2.05, 4.69) is 0 Å². The Hall–Kier alpha value is -2.45. The Kier molecular flexibility index (Phi) is 4.47. The molecule has 3 aromatic carbocycles. The maximum atomic E-state index is 13.9. The fourth-order valence-corrected chi connectivity index (χ4v) is 4.40. The van der Waals surface area contributed by atoms with Gasteiger partial charge in [-0.15, -0.1) is 0 Å². The third kappa shape index (κ3) is 3.11. The van der Waals surface area contributed by atoms with Crippen LogP contribution in [0, 0.1) is 0 Å². The van der Waals surface area contributed by atoms with Crippen molar-refractivity contribution in [1.29, 1.82) is 0 Å². The van der Waals surface area contributed by atoms with E-state index in [-0.39, 0.29) is 0 Å². The molecule has 0 heterocycles. The second-order valence-electron chi connectivity index (χ2n) is 7.12. The molecule has 29 heavy (non-hydrogen) atoms. The van der Waals surface area contributed by atoms with Gasteiger partial charge in [-0.25, -0.2) is 8.42 Å². The first kappa shape index (κ1) is 19.8. The van der Waals surface area contributed by atoms with Crippen molar-refractivity contribution in [3.63, 3.8) is 0 Å². The number of halogens is 4. The van der Waals surface area contributed by atoms with Gasteiger partial charge in [0.05, 0.1) is 0 Å². The second-order valence-corrected chi connectivity index (χ2v) is 8.54. The van der Waals surface area contributed by atoms with Gasteiger partial charge < -0.3 is 4.55 Å². The van der Waals surface area contributed by atoms with E-state index >= 15 is 0 Å². The number of fused-ring (bicyclic) bond motifs is 5. The zero-order valence-electron chi connectivity index (χ0n) is 15.0. The van der Waals surface area contributed by atoms with Crippen LogP contribution in [0.1, 0.15) is 23.1 Å². The summed E-state index contributed by atoms with van der Waals surface area (Å²) in [5.74, 6) is -4.98. The van der Waals surface area contributed by atoms with Crippen LogP contribution in [0.5, 0.6) is 0 Å². The summed E-state index contributed by atoms with van der Waals surface area (Å²) in [4.78, 5) is 0. The fraction of sp³-hybridized carbons (Fsp3) is 0.238. The predicted octanol–water partition coefficient (Wildman–Crippen LogP) is 5.12. The van der Waals surface area contributed by atoms with E-state index < -0.39 is 34.1 Å². The standard InChI is InChI=1S/C21H16F4O3S/c22-20(23,21(24,25)29(26,27)28)11-10-14-6-3-5-13-8-9-17-16-7-2-1-4-15(16)12-18(17)19(13)14/h1-9H,10-12H2,(H,26,27,28)/p-1. The summed E-state index contributed by atoms with van der Waals surface area (Å²) in [5, 5.41) is -4.19. The van der Waals surface area contributed by atoms with E-state index in [0.29, 0.717) is 17.4 Å². The second kappa shape index (κ2) is 6.53. The first-order valence-corrected chi connectivity index (χ1v) is 10.3. The molecule has 0 radical (unpaired) electrons. The summed E-state index contributed by atoms with van der Waals surface area (Å²) >= 11 is 0. The molecule has 0 bridgehead atoms. The Balaban J connectivity index is 1.75. The molecule has 0 fully saturated rings. The van der Waals surface area contributed by atoms with Crippen molar-refractivity contribution in [2.24, 2.45) is 0 Å². The molecule has 0 amide bonds. The summed E-state index contributed by atoms with van der Waals surface area (Å²) in [7, 11) is -6.49. The van der Waals surface area contributed by atoms with Gasteiger partial charge >= 0.3 is 11.2 Å². The van der Waals surface area contributed by atoms with Crippen LogP contribution in [-0.4, -0.2) is 24.1 Å². The van der Waals surface area contributed by atoms with E-state index in [1.54, 1.807) is 18.2 Å². The van der Waals surface area contributed by atoms with Gasteiger partial charge in [0.25, 0.3) is 0 Å². The topological polar surface area (TPSA) is 57.2 Å². The zero-order chi connectivity index (χ0) is 21.0. The summed E-state index contributed by atoms with van der Waals surface area (Å²) in [6.07, 6.45) is -1.37. The highest BCUT2D eigenvalue weighted by Gasteiger charge is 2.61. The Morgan fingerprint density at radius 2 is 1.62 bits per heavy atom. The van der Waals surface area contributed by atoms with Crippen LogP contribution in [-0.2, 0) is 23.0 Å². The normalized spacial score (nSPS) is 14.1. The van der Waals surface area contributed by atoms with Crippen LogP contribution >= 0.6 is 0 Å². The zero-order valence-corrected chi connectivity index (χ0v) is 15.8. The van der Waals surface area contributed by atoms with Crippen LogP contribution in [0.15, 0.2) is 54.6 Å². The first-order valence-electron chi connectivity index (χ1n) is 8.86. The van der Waals surface area contributed by atoms with Gasteiger partial charge in [0.15, 0.2) is 10.1 Å². The molecule has 152 valence electrons. The number of hydrogen-bond acceptors (Lipinski definition) is 3. The Labute approximate surface area is 164 Å². The molecule has 4 rings (SSSR count). The predicted molar refractivity (Wildman–Crippen MR) is 100 cm³/mol. The molecule has 3 aromatic rings. The highest BCUT2D eigenvalue weighted by atomic mass is 32.2. The van der Waals surface area contributed by atoms with Gasteiger partial charge in [0.1, 0.15) is 0 Å². The number of rotatable bonds is 5. The summed E-state index contributed by atoms with van der Waals surface area (Å²) in [6.45, 7) is 0. The molecular formula is C21H15F4O3S-. The molecular weight excluding hydrogens is 408 g/mol. The minimum atomic E-state index is -6.49. The van der Waals surface area contributed by atoms with Crippen LogP contribution in [0.25, 0.3) is 21.9 Å². The average Bonchev–Trinajstić information content (AvgIpc) is 3.04. The summed E-state index contributed by atoms with van der Waals surface area (Å²) in [5.41, 5.74) is 4.41. The third-order valence-corrected chi connectivity index (χ3v) is 6.29. The van der Waals surface area contributed by atoms with Gasteiger partial charge in [0.2, 0.25) is 0 Å². The van der Waals surface area contributed by atoms with Gasteiger partial charge in [-0.3, -0.25) is 0 Å². The van der Waals surface area contributed by atoms with Crippen molar-refractivity contribution in [3.05, 3.63) is 71.3 Å².